The van der Waals surface area contributed by atoms with E-state index in [-0.39, 0.29) is 17.1 Å². The minimum atomic E-state index is -0.211. The number of ether oxygens (including phenoxy) is 1. The van der Waals surface area contributed by atoms with Gasteiger partial charge in [-0.1, -0.05) is 13.8 Å². The van der Waals surface area contributed by atoms with Crippen molar-refractivity contribution in [3.05, 3.63) is 40.8 Å². The third-order valence-corrected chi connectivity index (χ3v) is 4.78. The number of imidazole rings is 1. The average Bonchev–Trinajstić information content (AvgIpc) is 3.09. The number of allylic oxidation sites excluding steroid dienone is 3. The molecule has 0 radical (unpaired) electrons. The number of dihydropyridines is 1. The highest BCUT2D eigenvalue weighted by atomic mass is 16.5. The monoisotopic (exact) mass is 357 g/mol. The fourth-order valence-electron chi connectivity index (χ4n) is 3.78. The smallest absolute Gasteiger partial charge is 0.162 e. The number of H-pyrrole nitrogens is 1. The minimum Gasteiger partial charge on any atom is -0.374 e. The van der Waals surface area contributed by atoms with Crippen LogP contribution in [0.3, 0.4) is 0 Å². The maximum Gasteiger partial charge on any atom is 0.162 e. The lowest BCUT2D eigenvalue weighted by atomic mass is 9.69. The van der Waals surface area contributed by atoms with Crippen LogP contribution in [0.4, 0.5) is 0 Å². The normalized spacial score (nSPS) is 22.8. The predicted molar refractivity (Wildman–Crippen MR) is 101 cm³/mol. The third-order valence-electron chi connectivity index (χ3n) is 4.78. The molecule has 0 amide bonds. The molecule has 7 nitrogen and oxygen atoms in total. The van der Waals surface area contributed by atoms with E-state index in [1.54, 1.807) is 25.8 Å². The van der Waals surface area contributed by atoms with E-state index in [0.717, 1.165) is 34.7 Å². The van der Waals surface area contributed by atoms with E-state index in [1.165, 1.54) is 0 Å². The Morgan fingerprint density at radius 2 is 2.27 bits per heavy atom. The van der Waals surface area contributed by atoms with Crippen molar-refractivity contribution >= 4 is 12.0 Å². The molecule has 0 saturated heterocycles. The molecule has 140 valence electrons. The maximum absolute atomic E-state index is 13.0. The van der Waals surface area contributed by atoms with Crippen molar-refractivity contribution in [3.8, 4) is 0 Å². The van der Waals surface area contributed by atoms with Gasteiger partial charge in [-0.3, -0.25) is 9.79 Å². The van der Waals surface area contributed by atoms with Gasteiger partial charge in [0.2, 0.25) is 0 Å². The summed E-state index contributed by atoms with van der Waals surface area (Å²) < 4.78 is 5.68. The highest BCUT2D eigenvalue weighted by molar-refractivity contribution is 6.02. The molecule has 0 spiro atoms. The number of hydrogen-bond donors (Lipinski definition) is 3. The number of carbonyl (C=O) groups excluding carboxylic acids is 1. The molecule has 1 aromatic rings. The Hall–Kier alpha value is -2.25. The predicted octanol–water partition coefficient (Wildman–Crippen LogP) is 1.67. The van der Waals surface area contributed by atoms with Crippen LogP contribution in [0.1, 0.15) is 38.3 Å². The summed E-state index contributed by atoms with van der Waals surface area (Å²) in [6.07, 6.45) is 6.56. The fourth-order valence-corrected chi connectivity index (χ4v) is 3.78. The molecule has 1 aliphatic carbocycles. The number of nitrogens with zero attached hydrogens (tertiary/aromatic N) is 2. The van der Waals surface area contributed by atoms with Crippen LogP contribution in [0.15, 0.2) is 40.1 Å². The van der Waals surface area contributed by atoms with Gasteiger partial charge in [-0.15, -0.1) is 0 Å². The molecule has 2 aliphatic rings. The maximum atomic E-state index is 13.0. The van der Waals surface area contributed by atoms with Crippen LogP contribution >= 0.6 is 0 Å². The first-order chi connectivity index (χ1) is 12.5. The Balaban J connectivity index is 2.08. The molecule has 1 aliphatic heterocycles. The third kappa shape index (κ3) is 3.64. The van der Waals surface area contributed by atoms with Crippen molar-refractivity contribution < 1.29 is 9.53 Å². The minimum absolute atomic E-state index is 0.0684. The number of ketones is 1. The summed E-state index contributed by atoms with van der Waals surface area (Å²) in [6, 6.07) is 0. The molecule has 1 atom stereocenters. The van der Waals surface area contributed by atoms with E-state index in [2.05, 4.69) is 34.1 Å². The Morgan fingerprint density at radius 3 is 2.92 bits per heavy atom. The number of nitrogens with one attached hydrogen (secondary N) is 2. The molecule has 0 bridgehead atoms. The van der Waals surface area contributed by atoms with Gasteiger partial charge in [-0.2, -0.15) is 0 Å². The van der Waals surface area contributed by atoms with Crippen molar-refractivity contribution in [2.45, 2.75) is 32.6 Å². The summed E-state index contributed by atoms with van der Waals surface area (Å²) in [6.45, 7) is 5.59. The van der Waals surface area contributed by atoms with E-state index in [1.807, 2.05) is 0 Å². The van der Waals surface area contributed by atoms with Crippen molar-refractivity contribution in [1.29, 1.82) is 0 Å². The topological polar surface area (TPSA) is 105 Å². The Labute approximate surface area is 153 Å². The molecule has 1 aromatic heterocycles. The molecule has 1 unspecified atom stereocenters. The molecule has 26 heavy (non-hydrogen) atoms. The van der Waals surface area contributed by atoms with Gasteiger partial charge in [0.25, 0.3) is 0 Å². The van der Waals surface area contributed by atoms with Crippen LogP contribution in [0.2, 0.25) is 0 Å². The lowest BCUT2D eigenvalue weighted by Crippen LogP contribution is -2.39. The quantitative estimate of drug-likeness (QED) is 0.530. The first-order valence-electron chi connectivity index (χ1n) is 8.91. The average molecular weight is 357 g/mol. The number of nitrogens with two attached hydrogens (primary N) is 1. The Kier molecular flexibility index (Phi) is 5.38. The molecule has 0 aromatic carbocycles. The zero-order valence-electron chi connectivity index (χ0n) is 15.6. The highest BCUT2D eigenvalue weighted by Crippen LogP contribution is 2.45. The second-order valence-corrected chi connectivity index (χ2v) is 7.56. The van der Waals surface area contributed by atoms with E-state index < -0.39 is 0 Å². The van der Waals surface area contributed by atoms with Crippen LogP contribution in [0.5, 0.6) is 0 Å². The van der Waals surface area contributed by atoms with Gasteiger partial charge < -0.3 is 20.8 Å². The number of Topliss-reactive ketones (excluding diaryl/α,β-unsaturated/α-hetero) is 1. The first kappa shape index (κ1) is 18.5. The van der Waals surface area contributed by atoms with E-state index in [9.17, 15) is 4.79 Å². The number of hydrogen-bond acceptors (Lipinski definition) is 6. The van der Waals surface area contributed by atoms with Crippen molar-refractivity contribution in [1.82, 2.24) is 15.3 Å². The van der Waals surface area contributed by atoms with E-state index in [4.69, 9.17) is 10.5 Å². The number of rotatable bonds is 6. The number of carbonyl (C=O) groups is 1. The van der Waals surface area contributed by atoms with E-state index >= 15 is 0 Å². The van der Waals surface area contributed by atoms with E-state index in [0.29, 0.717) is 26.2 Å². The number of aromatic amines is 1. The second kappa shape index (κ2) is 7.55. The fraction of sp³-hybridized carbons (Fsp3) is 0.526. The summed E-state index contributed by atoms with van der Waals surface area (Å²) >= 11 is 0. The molecule has 0 saturated carbocycles. The van der Waals surface area contributed by atoms with Crippen LogP contribution in [-0.2, 0) is 9.53 Å². The zero-order chi connectivity index (χ0) is 18.7. The summed E-state index contributed by atoms with van der Waals surface area (Å²) in [5.41, 5.74) is 10.0. The largest absolute Gasteiger partial charge is 0.374 e. The molecule has 3 rings (SSSR count). The SMILES string of the molecule is CN=CC1=C(COCCN)NC2=C(C(=O)CC(C)(C)C2)C1c1cnc[nH]1. The van der Waals surface area contributed by atoms with Crippen LogP contribution < -0.4 is 11.1 Å². The molecule has 2 heterocycles. The van der Waals surface area contributed by atoms with Crippen molar-refractivity contribution in [2.24, 2.45) is 16.1 Å². The van der Waals surface area contributed by atoms with Crippen molar-refractivity contribution in [3.63, 3.8) is 0 Å². The van der Waals surface area contributed by atoms with Crippen molar-refractivity contribution in [2.75, 3.05) is 26.8 Å². The summed E-state index contributed by atoms with van der Waals surface area (Å²) in [5.74, 6) is -0.0372. The lowest BCUT2D eigenvalue weighted by Gasteiger charge is -2.39. The zero-order valence-corrected chi connectivity index (χ0v) is 15.6. The summed E-state index contributed by atoms with van der Waals surface area (Å²) in [4.78, 5) is 24.6. The van der Waals surface area contributed by atoms with Gasteiger partial charge >= 0.3 is 0 Å². The first-order valence-corrected chi connectivity index (χ1v) is 8.91. The Bertz CT molecular complexity index is 759. The van der Waals surface area contributed by atoms with Gasteiger partial charge in [-0.05, 0) is 11.8 Å². The molecule has 4 N–H and O–H groups in total. The molecular weight excluding hydrogens is 330 g/mol. The van der Waals surface area contributed by atoms with Gasteiger partial charge in [0, 0.05) is 60.7 Å². The summed E-state index contributed by atoms with van der Waals surface area (Å²) in [5, 5.41) is 3.47. The van der Waals surface area contributed by atoms with Crippen LogP contribution in [0.25, 0.3) is 0 Å². The van der Waals surface area contributed by atoms with Crippen LogP contribution in [-0.4, -0.2) is 48.8 Å². The molecule has 0 fully saturated rings. The van der Waals surface area contributed by atoms with Gasteiger partial charge in [0.15, 0.2) is 5.78 Å². The number of aromatic nitrogens is 2. The standard InChI is InChI=1S/C19H27N5O2/c1-19(2)6-13-18(16(25)7-19)17(14-9-22-11-23-14)12(8-21-3)15(24-13)10-26-5-4-20/h8-9,11,17,24H,4-7,10,20H2,1-3H3,(H,22,23). The number of aliphatic imine (C=N–C) groups is 1. The lowest BCUT2D eigenvalue weighted by molar-refractivity contribution is -0.118. The van der Waals surface area contributed by atoms with Gasteiger partial charge in [-0.25, -0.2) is 4.98 Å². The summed E-state index contributed by atoms with van der Waals surface area (Å²) in [7, 11) is 1.73. The highest BCUT2D eigenvalue weighted by Gasteiger charge is 2.41. The van der Waals surface area contributed by atoms with Crippen LogP contribution in [0, 0.1) is 5.41 Å². The second-order valence-electron chi connectivity index (χ2n) is 7.56. The van der Waals surface area contributed by atoms with Gasteiger partial charge in [0.05, 0.1) is 25.5 Å². The van der Waals surface area contributed by atoms with Gasteiger partial charge in [0.1, 0.15) is 0 Å². The molecule has 7 heteroatoms. The Morgan fingerprint density at radius 1 is 1.46 bits per heavy atom. The molecular formula is C19H27N5O2.